The summed E-state index contributed by atoms with van der Waals surface area (Å²) in [5.74, 6) is 0. The van der Waals surface area contributed by atoms with E-state index in [9.17, 15) is 0 Å². The molecule has 20 heavy (non-hydrogen) atoms. The van der Waals surface area contributed by atoms with Crippen LogP contribution in [0.25, 0.3) is 0 Å². The van der Waals surface area contributed by atoms with E-state index in [0.717, 1.165) is 44.7 Å². The number of nitrogens with zero attached hydrogens (tertiary/aromatic N) is 2. The lowest BCUT2D eigenvalue weighted by molar-refractivity contribution is -0.106. The van der Waals surface area contributed by atoms with Crippen molar-refractivity contribution >= 4 is 0 Å². The first-order chi connectivity index (χ1) is 9.47. The molecule has 0 aliphatic carbocycles. The fraction of sp³-hybridized carbons (Fsp3) is 0.812. The van der Waals surface area contributed by atoms with Crippen LogP contribution in [-0.2, 0) is 21.4 Å². The van der Waals surface area contributed by atoms with Gasteiger partial charge in [-0.25, -0.2) is 4.98 Å². The summed E-state index contributed by atoms with van der Waals surface area (Å²) in [6.07, 6.45) is 8.89. The maximum absolute atomic E-state index is 6.36. The van der Waals surface area contributed by atoms with Gasteiger partial charge in [0.1, 0.15) is 0 Å². The Kier molecular flexibility index (Phi) is 3.63. The quantitative estimate of drug-likeness (QED) is 0.834. The molecule has 112 valence electrons. The summed E-state index contributed by atoms with van der Waals surface area (Å²) in [5.41, 5.74) is 1.37. The summed E-state index contributed by atoms with van der Waals surface area (Å²) in [7, 11) is 0. The lowest BCUT2D eigenvalue weighted by atomic mass is 9.91. The number of rotatable bonds is 2. The average molecular weight is 278 g/mol. The molecule has 3 heterocycles. The highest BCUT2D eigenvalue weighted by Gasteiger charge is 2.41. The molecular formula is C16H26N2O2. The van der Waals surface area contributed by atoms with Gasteiger partial charge in [-0.2, -0.15) is 0 Å². The van der Waals surface area contributed by atoms with Crippen LogP contribution in [-0.4, -0.2) is 34.5 Å². The summed E-state index contributed by atoms with van der Waals surface area (Å²) in [5, 5.41) is 0. The van der Waals surface area contributed by atoms with E-state index in [0.29, 0.717) is 6.10 Å². The summed E-state index contributed by atoms with van der Waals surface area (Å²) >= 11 is 0. The van der Waals surface area contributed by atoms with Crippen molar-refractivity contribution in [2.24, 2.45) is 0 Å². The molecule has 0 saturated carbocycles. The maximum atomic E-state index is 6.36. The highest BCUT2D eigenvalue weighted by Crippen LogP contribution is 2.38. The maximum Gasteiger partial charge on any atom is 0.0950 e. The Morgan fingerprint density at radius 1 is 1.30 bits per heavy atom. The molecule has 2 fully saturated rings. The van der Waals surface area contributed by atoms with Crippen molar-refractivity contribution in [2.75, 3.05) is 13.2 Å². The number of aromatic nitrogens is 2. The Labute approximate surface area is 121 Å². The van der Waals surface area contributed by atoms with Crippen LogP contribution < -0.4 is 0 Å². The monoisotopic (exact) mass is 278 g/mol. The van der Waals surface area contributed by atoms with Crippen molar-refractivity contribution in [2.45, 2.75) is 70.1 Å². The van der Waals surface area contributed by atoms with Gasteiger partial charge in [-0.05, 0) is 25.7 Å². The van der Waals surface area contributed by atoms with E-state index in [2.05, 4.69) is 36.5 Å². The molecule has 2 aliphatic rings. The second-order valence-electron chi connectivity index (χ2n) is 7.28. The number of hydrogen-bond acceptors (Lipinski definition) is 3. The second-order valence-corrected chi connectivity index (χ2v) is 7.28. The number of imidazole rings is 1. The fourth-order valence-electron chi connectivity index (χ4n) is 3.22. The van der Waals surface area contributed by atoms with Crippen molar-refractivity contribution in [1.82, 2.24) is 9.55 Å². The lowest BCUT2D eigenvalue weighted by Crippen LogP contribution is -2.36. The van der Waals surface area contributed by atoms with Gasteiger partial charge in [-0.15, -0.1) is 0 Å². The van der Waals surface area contributed by atoms with Crippen LogP contribution in [0.1, 0.15) is 52.1 Å². The van der Waals surface area contributed by atoms with Crippen molar-refractivity contribution in [1.29, 1.82) is 0 Å². The summed E-state index contributed by atoms with van der Waals surface area (Å²) in [4.78, 5) is 4.52. The molecule has 0 amide bonds. The predicted molar refractivity (Wildman–Crippen MR) is 77.8 cm³/mol. The van der Waals surface area contributed by atoms with Crippen molar-refractivity contribution in [3.63, 3.8) is 0 Å². The fourth-order valence-corrected chi connectivity index (χ4v) is 3.22. The van der Waals surface area contributed by atoms with Crippen LogP contribution in [0.5, 0.6) is 0 Å². The van der Waals surface area contributed by atoms with Crippen molar-refractivity contribution in [3.05, 3.63) is 18.2 Å². The Morgan fingerprint density at radius 2 is 2.05 bits per heavy atom. The molecule has 4 nitrogen and oxygen atoms in total. The largest absolute Gasteiger partial charge is 0.381 e. The Balaban J connectivity index is 1.60. The van der Waals surface area contributed by atoms with Crippen molar-refractivity contribution < 1.29 is 9.47 Å². The van der Waals surface area contributed by atoms with Crippen LogP contribution in [0.2, 0.25) is 0 Å². The average Bonchev–Trinajstić information content (AvgIpc) is 2.99. The van der Waals surface area contributed by atoms with E-state index in [4.69, 9.17) is 9.47 Å². The Bertz CT molecular complexity index is 455. The summed E-state index contributed by atoms with van der Waals surface area (Å²) in [6, 6.07) is 0. The zero-order valence-corrected chi connectivity index (χ0v) is 12.9. The van der Waals surface area contributed by atoms with Gasteiger partial charge in [0, 0.05) is 31.4 Å². The molecule has 1 unspecified atom stereocenters. The summed E-state index contributed by atoms with van der Waals surface area (Å²) in [6.45, 7) is 9.22. The van der Waals surface area contributed by atoms with E-state index in [1.807, 2.05) is 6.33 Å². The first-order valence-corrected chi connectivity index (χ1v) is 7.75. The molecule has 0 radical (unpaired) electrons. The normalized spacial score (nSPS) is 26.2. The lowest BCUT2D eigenvalue weighted by Gasteiger charge is -2.33. The van der Waals surface area contributed by atoms with Crippen molar-refractivity contribution in [3.8, 4) is 0 Å². The molecule has 2 saturated heterocycles. The third-order valence-corrected chi connectivity index (χ3v) is 4.56. The van der Waals surface area contributed by atoms with Gasteiger partial charge in [0.15, 0.2) is 0 Å². The molecule has 0 N–H and O–H groups in total. The van der Waals surface area contributed by atoms with Gasteiger partial charge < -0.3 is 14.0 Å². The highest BCUT2D eigenvalue weighted by atomic mass is 16.5. The van der Waals surface area contributed by atoms with Crippen LogP contribution in [0, 0.1) is 0 Å². The van der Waals surface area contributed by atoms with Crippen LogP contribution in [0.15, 0.2) is 12.5 Å². The van der Waals surface area contributed by atoms with Gasteiger partial charge in [0.05, 0.1) is 23.7 Å². The molecule has 2 aliphatic heterocycles. The minimum atomic E-state index is 0.107. The number of ether oxygens (including phenoxy) is 2. The predicted octanol–water partition coefficient (Wildman–Crippen LogP) is 2.91. The number of hydrogen-bond donors (Lipinski definition) is 0. The topological polar surface area (TPSA) is 36.3 Å². The molecule has 1 atom stereocenters. The smallest absolute Gasteiger partial charge is 0.0950 e. The first-order valence-electron chi connectivity index (χ1n) is 7.75. The zero-order chi connectivity index (χ0) is 14.2. The molecule has 1 aromatic heterocycles. The van der Waals surface area contributed by atoms with Gasteiger partial charge in [-0.1, -0.05) is 20.8 Å². The SMILES string of the molecule is CC(C)(C)c1cn(CC2CCC3(CCOCC3)O2)cn1. The molecule has 1 aromatic rings. The molecule has 1 spiro atoms. The van der Waals surface area contributed by atoms with Crippen LogP contribution in [0.4, 0.5) is 0 Å². The van der Waals surface area contributed by atoms with E-state index in [1.54, 1.807) is 0 Å². The van der Waals surface area contributed by atoms with Gasteiger partial charge >= 0.3 is 0 Å². The minimum Gasteiger partial charge on any atom is -0.381 e. The van der Waals surface area contributed by atoms with Gasteiger partial charge in [-0.3, -0.25) is 0 Å². The molecule has 3 rings (SSSR count). The minimum absolute atomic E-state index is 0.107. The third kappa shape index (κ3) is 2.91. The zero-order valence-electron chi connectivity index (χ0n) is 12.9. The van der Waals surface area contributed by atoms with E-state index in [1.165, 1.54) is 6.42 Å². The van der Waals surface area contributed by atoms with E-state index >= 15 is 0 Å². The van der Waals surface area contributed by atoms with E-state index < -0.39 is 0 Å². The van der Waals surface area contributed by atoms with Gasteiger partial charge in [0.25, 0.3) is 0 Å². The Hall–Kier alpha value is -0.870. The van der Waals surface area contributed by atoms with Crippen LogP contribution in [0.3, 0.4) is 0 Å². The first kappa shape index (κ1) is 14.1. The van der Waals surface area contributed by atoms with Crippen LogP contribution >= 0.6 is 0 Å². The van der Waals surface area contributed by atoms with Gasteiger partial charge in [0.2, 0.25) is 0 Å². The highest BCUT2D eigenvalue weighted by molar-refractivity contribution is 5.09. The summed E-state index contributed by atoms with van der Waals surface area (Å²) < 4.78 is 14.0. The second kappa shape index (κ2) is 5.15. The standard InChI is InChI=1S/C16H26N2O2/c1-15(2,3)14-11-18(12-17-14)10-13-4-5-16(20-13)6-8-19-9-7-16/h11-13H,4-10H2,1-3H3. The molecular weight excluding hydrogens is 252 g/mol. The molecule has 4 heteroatoms. The Morgan fingerprint density at radius 3 is 2.70 bits per heavy atom. The van der Waals surface area contributed by atoms with E-state index in [-0.39, 0.29) is 11.0 Å². The molecule has 0 aromatic carbocycles. The molecule has 0 bridgehead atoms. The third-order valence-electron chi connectivity index (χ3n) is 4.56.